The van der Waals surface area contributed by atoms with E-state index in [2.05, 4.69) is 0 Å². The van der Waals surface area contributed by atoms with E-state index in [9.17, 15) is 24.0 Å². The highest BCUT2D eigenvalue weighted by Crippen LogP contribution is 1.97. The van der Waals surface area contributed by atoms with Crippen molar-refractivity contribution in [2.24, 2.45) is 0 Å². The van der Waals surface area contributed by atoms with Gasteiger partial charge < -0.3 is 20.4 Å². The maximum Gasteiger partial charge on any atom is 0.317 e. The van der Waals surface area contributed by atoms with Crippen LogP contribution in [0.4, 0.5) is 0 Å². The van der Waals surface area contributed by atoms with Crippen LogP contribution in [0.15, 0.2) is 0 Å². The molecule has 12 heteroatoms. The van der Waals surface area contributed by atoms with Gasteiger partial charge in [-0.2, -0.15) is 0 Å². The minimum Gasteiger partial charge on any atom is -0.480 e. The third-order valence-electron chi connectivity index (χ3n) is 3.35. The molecule has 4 N–H and O–H groups in total. The standard InChI is InChI=1S/C15H25N3O9.2C2H6/c1-11(19)6-17(8-13(22)23)4-2-16(7-12(20)21)3-5-18(9-14(24)25)10-15(26)27;2*1-2/h2-10H2,1H3,(H,20,21)(H,22,23)(H,24,25)(H,26,27);2*1-2H3. The molecule has 0 aromatic heterocycles. The lowest BCUT2D eigenvalue weighted by molar-refractivity contribution is -0.143. The minimum atomic E-state index is -1.21. The zero-order valence-electron chi connectivity index (χ0n) is 19.0. The summed E-state index contributed by atoms with van der Waals surface area (Å²) in [5, 5.41) is 35.5. The molecule has 0 saturated heterocycles. The second-order valence-electron chi connectivity index (χ2n) is 5.97. The molecule has 0 spiro atoms. The molecular formula is C19H37N3O9. The summed E-state index contributed by atoms with van der Waals surface area (Å²) in [5.41, 5.74) is 0. The number of carboxylic acid groups (broad SMARTS) is 4. The Morgan fingerprint density at radius 1 is 0.484 bits per heavy atom. The first-order valence-corrected chi connectivity index (χ1v) is 10.0. The maximum atomic E-state index is 11.2. The summed E-state index contributed by atoms with van der Waals surface area (Å²) in [7, 11) is 0. The second-order valence-corrected chi connectivity index (χ2v) is 5.97. The van der Waals surface area contributed by atoms with Crippen molar-refractivity contribution in [1.82, 2.24) is 14.7 Å². The van der Waals surface area contributed by atoms with E-state index in [4.69, 9.17) is 20.4 Å². The number of hydrogen-bond donors (Lipinski definition) is 4. The van der Waals surface area contributed by atoms with E-state index in [1.54, 1.807) is 0 Å². The zero-order valence-corrected chi connectivity index (χ0v) is 19.0. The normalized spacial score (nSPS) is 10.1. The van der Waals surface area contributed by atoms with Gasteiger partial charge in [-0.1, -0.05) is 27.7 Å². The Balaban J connectivity index is -0.00000184. The lowest BCUT2D eigenvalue weighted by Crippen LogP contribution is -2.45. The zero-order chi connectivity index (χ0) is 25.0. The van der Waals surface area contributed by atoms with Crippen LogP contribution in [0, 0.1) is 0 Å². The average molecular weight is 452 g/mol. The number of carbonyl (C=O) groups excluding carboxylic acids is 1. The van der Waals surface area contributed by atoms with Crippen molar-refractivity contribution in [2.45, 2.75) is 34.6 Å². The van der Waals surface area contributed by atoms with Gasteiger partial charge in [0.15, 0.2) is 0 Å². The van der Waals surface area contributed by atoms with Crippen LogP contribution in [-0.2, 0) is 24.0 Å². The highest BCUT2D eigenvalue weighted by molar-refractivity contribution is 5.78. The van der Waals surface area contributed by atoms with Crippen molar-refractivity contribution in [1.29, 1.82) is 0 Å². The molecule has 0 fully saturated rings. The van der Waals surface area contributed by atoms with Crippen molar-refractivity contribution in [3.63, 3.8) is 0 Å². The lowest BCUT2D eigenvalue weighted by atomic mass is 10.3. The molecule has 12 nitrogen and oxygen atoms in total. The fraction of sp³-hybridized carbons (Fsp3) is 0.737. The molecule has 0 heterocycles. The van der Waals surface area contributed by atoms with Gasteiger partial charge in [-0.25, -0.2) is 0 Å². The molecule has 0 rings (SSSR count). The number of ketones is 1. The molecule has 0 amide bonds. The number of carboxylic acids is 4. The predicted molar refractivity (Wildman–Crippen MR) is 113 cm³/mol. The van der Waals surface area contributed by atoms with Crippen molar-refractivity contribution in [3.05, 3.63) is 0 Å². The summed E-state index contributed by atoms with van der Waals surface area (Å²) in [4.78, 5) is 58.6. The Hall–Kier alpha value is -2.57. The Kier molecular flexibility index (Phi) is 22.1. The summed E-state index contributed by atoms with van der Waals surface area (Å²) < 4.78 is 0. The highest BCUT2D eigenvalue weighted by Gasteiger charge is 2.18. The first kappa shape index (κ1) is 33.1. The average Bonchev–Trinajstić information content (AvgIpc) is 2.64. The van der Waals surface area contributed by atoms with E-state index in [-0.39, 0.29) is 45.1 Å². The van der Waals surface area contributed by atoms with Gasteiger partial charge in [0.05, 0.1) is 32.7 Å². The van der Waals surface area contributed by atoms with Gasteiger partial charge in [0.1, 0.15) is 5.78 Å². The van der Waals surface area contributed by atoms with Crippen LogP contribution in [0.1, 0.15) is 34.6 Å². The second kappa shape index (κ2) is 20.7. The van der Waals surface area contributed by atoms with E-state index < -0.39 is 43.5 Å². The van der Waals surface area contributed by atoms with E-state index in [0.717, 1.165) is 4.90 Å². The number of aliphatic carboxylic acids is 4. The molecule has 0 aromatic rings. The van der Waals surface area contributed by atoms with Crippen LogP contribution >= 0.6 is 0 Å². The Morgan fingerprint density at radius 3 is 0.968 bits per heavy atom. The summed E-state index contributed by atoms with van der Waals surface area (Å²) in [5.74, 6) is -4.94. The van der Waals surface area contributed by atoms with Gasteiger partial charge in [-0.3, -0.25) is 38.7 Å². The quantitative estimate of drug-likeness (QED) is 0.245. The number of rotatable bonds is 16. The van der Waals surface area contributed by atoms with Crippen LogP contribution in [0.3, 0.4) is 0 Å². The Labute approximate surface area is 183 Å². The summed E-state index contributed by atoms with van der Waals surface area (Å²) >= 11 is 0. The molecule has 0 radical (unpaired) electrons. The van der Waals surface area contributed by atoms with Gasteiger partial charge in [0.25, 0.3) is 0 Å². The number of carbonyl (C=O) groups is 5. The number of Topliss-reactive ketones (excluding diaryl/α,β-unsaturated/α-hetero) is 1. The van der Waals surface area contributed by atoms with Crippen molar-refractivity contribution < 1.29 is 44.4 Å². The van der Waals surface area contributed by atoms with E-state index in [0.29, 0.717) is 0 Å². The van der Waals surface area contributed by atoms with E-state index in [1.165, 1.54) is 16.7 Å². The molecular weight excluding hydrogens is 414 g/mol. The smallest absolute Gasteiger partial charge is 0.317 e. The van der Waals surface area contributed by atoms with Gasteiger partial charge in [0.2, 0.25) is 0 Å². The molecule has 0 atom stereocenters. The van der Waals surface area contributed by atoms with Crippen molar-refractivity contribution in [3.8, 4) is 0 Å². The summed E-state index contributed by atoms with van der Waals surface area (Å²) in [6.45, 7) is 7.69. The maximum absolute atomic E-state index is 11.2. The monoisotopic (exact) mass is 451 g/mol. The third-order valence-corrected chi connectivity index (χ3v) is 3.35. The van der Waals surface area contributed by atoms with Crippen molar-refractivity contribution in [2.75, 3.05) is 58.9 Å². The Bertz CT molecular complexity index is 484. The number of nitrogens with zero attached hydrogens (tertiary/aromatic N) is 3. The fourth-order valence-corrected chi connectivity index (χ4v) is 2.34. The molecule has 31 heavy (non-hydrogen) atoms. The molecule has 182 valence electrons. The molecule has 0 saturated carbocycles. The topological polar surface area (TPSA) is 176 Å². The van der Waals surface area contributed by atoms with Crippen LogP contribution in [-0.4, -0.2) is 124 Å². The van der Waals surface area contributed by atoms with Crippen LogP contribution in [0.2, 0.25) is 0 Å². The van der Waals surface area contributed by atoms with Crippen molar-refractivity contribution >= 4 is 29.7 Å². The fourth-order valence-electron chi connectivity index (χ4n) is 2.34. The number of hydrogen-bond acceptors (Lipinski definition) is 8. The molecule has 0 aromatic carbocycles. The van der Waals surface area contributed by atoms with E-state index in [1.807, 2.05) is 27.7 Å². The summed E-state index contributed by atoms with van der Waals surface area (Å²) in [6.07, 6.45) is 0. The highest BCUT2D eigenvalue weighted by atomic mass is 16.4. The van der Waals surface area contributed by atoms with E-state index >= 15 is 0 Å². The minimum absolute atomic E-state index is 0.00246. The first-order chi connectivity index (χ1) is 14.5. The molecule has 0 unspecified atom stereocenters. The molecule has 0 bridgehead atoms. The predicted octanol–water partition coefficient (Wildman–Crippen LogP) is -0.128. The third kappa shape index (κ3) is 23.6. The van der Waals surface area contributed by atoms with Gasteiger partial charge in [-0.05, 0) is 6.92 Å². The van der Waals surface area contributed by atoms with Crippen LogP contribution < -0.4 is 0 Å². The summed E-state index contributed by atoms with van der Waals surface area (Å²) in [6, 6.07) is 0. The van der Waals surface area contributed by atoms with Crippen LogP contribution in [0.5, 0.6) is 0 Å². The first-order valence-electron chi connectivity index (χ1n) is 10.0. The molecule has 0 aliphatic rings. The lowest BCUT2D eigenvalue weighted by Gasteiger charge is -2.27. The molecule has 0 aliphatic carbocycles. The van der Waals surface area contributed by atoms with Gasteiger partial charge in [-0.15, -0.1) is 0 Å². The van der Waals surface area contributed by atoms with Gasteiger partial charge in [0, 0.05) is 26.2 Å². The van der Waals surface area contributed by atoms with Gasteiger partial charge >= 0.3 is 23.9 Å². The SMILES string of the molecule is CC.CC.CC(=O)CN(CCN(CCN(CC(=O)O)CC(=O)O)CC(=O)O)CC(=O)O. The van der Waals surface area contributed by atoms with Crippen LogP contribution in [0.25, 0.3) is 0 Å². The Morgan fingerprint density at radius 2 is 0.710 bits per heavy atom. The largest absolute Gasteiger partial charge is 0.480 e. The molecule has 0 aliphatic heterocycles.